The second-order valence-electron chi connectivity index (χ2n) is 6.78. The van der Waals surface area contributed by atoms with Crippen molar-refractivity contribution in [2.24, 2.45) is 0 Å². The van der Waals surface area contributed by atoms with E-state index in [1.165, 1.54) is 25.3 Å². The molecule has 0 spiro atoms. The maximum absolute atomic E-state index is 13.5. The van der Waals surface area contributed by atoms with Crippen LogP contribution >= 0.6 is 11.3 Å². The molecule has 1 saturated carbocycles. The molecule has 3 rings (SSSR count). The van der Waals surface area contributed by atoms with Gasteiger partial charge in [0.2, 0.25) is 5.91 Å². The number of thiophene rings is 1. The van der Waals surface area contributed by atoms with Gasteiger partial charge in [-0.05, 0) is 36.4 Å². The Bertz CT molecular complexity index is 849. The third-order valence-corrected chi connectivity index (χ3v) is 5.74. The van der Waals surface area contributed by atoms with Crippen molar-refractivity contribution in [2.75, 3.05) is 12.0 Å². The molecule has 1 aliphatic rings. The van der Waals surface area contributed by atoms with Crippen LogP contribution in [0.2, 0.25) is 0 Å². The first-order chi connectivity index (χ1) is 13.8. The van der Waals surface area contributed by atoms with Gasteiger partial charge in [0.1, 0.15) is 5.75 Å². The number of nitrogens with zero attached hydrogens (tertiary/aromatic N) is 1. The lowest BCUT2D eigenvalue weighted by Crippen LogP contribution is -2.50. The molecular weight excluding hydrogens is 405 g/mol. The highest BCUT2D eigenvalue weighted by molar-refractivity contribution is 7.10. The van der Waals surface area contributed by atoms with Crippen molar-refractivity contribution in [2.45, 2.75) is 43.9 Å². The molecule has 1 N–H and O–H groups in total. The largest absolute Gasteiger partial charge is 0.497 e. The van der Waals surface area contributed by atoms with Gasteiger partial charge in [0.15, 0.2) is 6.04 Å². The molecule has 0 saturated heterocycles. The fraction of sp³-hybridized carbons (Fsp3) is 0.400. The van der Waals surface area contributed by atoms with Gasteiger partial charge in [-0.15, -0.1) is 11.3 Å². The van der Waals surface area contributed by atoms with Crippen LogP contribution < -0.4 is 15.0 Å². The highest BCUT2D eigenvalue weighted by Gasteiger charge is 2.48. The Hall–Kier alpha value is -2.55. The number of amides is 2. The zero-order valence-electron chi connectivity index (χ0n) is 15.7. The molecule has 1 heterocycles. The predicted molar refractivity (Wildman–Crippen MR) is 104 cm³/mol. The third-order valence-electron chi connectivity index (χ3n) is 4.81. The van der Waals surface area contributed by atoms with Gasteiger partial charge < -0.3 is 10.1 Å². The quantitative estimate of drug-likeness (QED) is 0.742. The van der Waals surface area contributed by atoms with E-state index in [4.69, 9.17) is 4.74 Å². The molecule has 1 aromatic carbocycles. The average molecular weight is 426 g/mol. The molecule has 0 aliphatic heterocycles. The number of hydrogen-bond acceptors (Lipinski definition) is 4. The summed E-state index contributed by atoms with van der Waals surface area (Å²) in [5.41, 5.74) is -0.0633. The Morgan fingerprint density at radius 2 is 1.93 bits per heavy atom. The summed E-state index contributed by atoms with van der Waals surface area (Å²) in [6.45, 7) is 0. The Kier molecular flexibility index (Phi) is 6.46. The normalized spacial score (nSPS) is 15.7. The van der Waals surface area contributed by atoms with Gasteiger partial charge in [0.25, 0.3) is 0 Å². The molecule has 9 heteroatoms. The summed E-state index contributed by atoms with van der Waals surface area (Å²) in [6, 6.07) is 7.36. The summed E-state index contributed by atoms with van der Waals surface area (Å²) >= 11 is 1.12. The van der Waals surface area contributed by atoms with Crippen LogP contribution in [0.4, 0.5) is 18.9 Å². The molecular formula is C20H21F3N2O3S. The van der Waals surface area contributed by atoms with Crippen LogP contribution in [-0.4, -0.2) is 31.1 Å². The molecule has 1 aliphatic carbocycles. The van der Waals surface area contributed by atoms with Gasteiger partial charge in [-0.3, -0.25) is 14.5 Å². The maximum atomic E-state index is 13.5. The topological polar surface area (TPSA) is 58.6 Å². The minimum atomic E-state index is -5.15. The number of carbonyl (C=O) groups is 2. The number of benzene rings is 1. The van der Waals surface area contributed by atoms with E-state index >= 15 is 0 Å². The minimum Gasteiger partial charge on any atom is -0.497 e. The van der Waals surface area contributed by atoms with Crippen LogP contribution in [0.5, 0.6) is 5.75 Å². The second-order valence-corrected chi connectivity index (χ2v) is 7.76. The molecule has 156 valence electrons. The van der Waals surface area contributed by atoms with Crippen molar-refractivity contribution >= 4 is 28.8 Å². The lowest BCUT2D eigenvalue weighted by Gasteiger charge is -2.32. The highest BCUT2D eigenvalue weighted by atomic mass is 32.1. The molecule has 2 aromatic rings. The summed E-state index contributed by atoms with van der Waals surface area (Å²) in [5.74, 6) is -2.45. The second kappa shape index (κ2) is 8.86. The molecule has 1 unspecified atom stereocenters. The van der Waals surface area contributed by atoms with E-state index < -0.39 is 24.0 Å². The number of anilines is 1. The average Bonchev–Trinajstić information content (AvgIpc) is 3.38. The summed E-state index contributed by atoms with van der Waals surface area (Å²) in [4.78, 5) is 26.4. The number of ether oxygens (including phenoxy) is 1. The monoisotopic (exact) mass is 426 g/mol. The van der Waals surface area contributed by atoms with Crippen molar-refractivity contribution in [3.05, 3.63) is 46.7 Å². The molecule has 1 atom stereocenters. The lowest BCUT2D eigenvalue weighted by atomic mass is 10.1. The van der Waals surface area contributed by atoms with Crippen molar-refractivity contribution in [3.63, 3.8) is 0 Å². The van der Waals surface area contributed by atoms with Crippen LogP contribution in [0.1, 0.15) is 36.6 Å². The van der Waals surface area contributed by atoms with Gasteiger partial charge in [-0.2, -0.15) is 13.2 Å². The number of hydrogen-bond donors (Lipinski definition) is 1. The number of alkyl halides is 3. The van der Waals surface area contributed by atoms with Gasteiger partial charge in [0.05, 0.1) is 7.11 Å². The summed E-state index contributed by atoms with van der Waals surface area (Å²) in [6.07, 6.45) is -1.69. The van der Waals surface area contributed by atoms with Gasteiger partial charge >= 0.3 is 12.1 Å². The van der Waals surface area contributed by atoms with Crippen LogP contribution in [0, 0.1) is 0 Å². The zero-order valence-corrected chi connectivity index (χ0v) is 16.6. The number of halogens is 3. The summed E-state index contributed by atoms with van der Waals surface area (Å²) in [5, 5.41) is 4.49. The molecule has 29 heavy (non-hydrogen) atoms. The fourth-order valence-corrected chi connectivity index (χ4v) is 4.26. The third kappa shape index (κ3) is 4.90. The fourth-order valence-electron chi connectivity index (χ4n) is 3.45. The predicted octanol–water partition coefficient (Wildman–Crippen LogP) is 4.45. The molecule has 0 radical (unpaired) electrons. The smallest absolute Gasteiger partial charge is 0.471 e. The summed E-state index contributed by atoms with van der Waals surface area (Å²) < 4.78 is 45.6. The van der Waals surface area contributed by atoms with E-state index in [9.17, 15) is 22.8 Å². The van der Waals surface area contributed by atoms with E-state index in [1.807, 2.05) is 0 Å². The van der Waals surface area contributed by atoms with Crippen LogP contribution in [0.25, 0.3) is 0 Å². The van der Waals surface area contributed by atoms with Gasteiger partial charge in [0, 0.05) is 22.7 Å². The van der Waals surface area contributed by atoms with E-state index in [-0.39, 0.29) is 17.5 Å². The summed E-state index contributed by atoms with van der Waals surface area (Å²) in [7, 11) is 1.37. The lowest BCUT2D eigenvalue weighted by molar-refractivity contribution is -0.171. The van der Waals surface area contributed by atoms with E-state index in [2.05, 4.69) is 5.32 Å². The Morgan fingerprint density at radius 3 is 2.52 bits per heavy atom. The Balaban J connectivity index is 2.06. The Morgan fingerprint density at radius 1 is 1.21 bits per heavy atom. The standard InChI is InChI=1S/C20H21F3N2O3S/c1-28-15-9-4-8-14(12-15)25(19(27)20(21,22)23)17(16-10-5-11-29-16)18(26)24-13-6-2-3-7-13/h4-5,8-13,17H,2-3,6-7H2,1H3,(H,24,26). The number of methoxy groups -OCH3 is 1. The van der Waals surface area contributed by atoms with Gasteiger partial charge in [-0.25, -0.2) is 0 Å². The van der Waals surface area contributed by atoms with Crippen LogP contribution in [0.15, 0.2) is 41.8 Å². The van der Waals surface area contributed by atoms with E-state index in [0.29, 0.717) is 9.78 Å². The molecule has 2 amide bonds. The van der Waals surface area contributed by atoms with Crippen molar-refractivity contribution in [3.8, 4) is 5.75 Å². The number of carbonyl (C=O) groups excluding carboxylic acids is 2. The Labute approximate surface area is 170 Å². The van der Waals surface area contributed by atoms with Crippen LogP contribution in [0.3, 0.4) is 0 Å². The number of nitrogens with one attached hydrogen (secondary N) is 1. The highest BCUT2D eigenvalue weighted by Crippen LogP contribution is 2.36. The minimum absolute atomic E-state index is 0.0633. The first kappa shape index (κ1) is 21.2. The van der Waals surface area contributed by atoms with Crippen molar-refractivity contribution in [1.82, 2.24) is 5.32 Å². The van der Waals surface area contributed by atoms with Crippen molar-refractivity contribution in [1.29, 1.82) is 0 Å². The zero-order chi connectivity index (χ0) is 21.0. The molecule has 1 aromatic heterocycles. The van der Waals surface area contributed by atoms with E-state index in [0.717, 1.165) is 37.0 Å². The molecule has 1 fully saturated rings. The maximum Gasteiger partial charge on any atom is 0.471 e. The first-order valence-corrected chi connectivity index (χ1v) is 10.1. The first-order valence-electron chi connectivity index (χ1n) is 9.19. The molecule has 5 nitrogen and oxygen atoms in total. The SMILES string of the molecule is COc1cccc(N(C(=O)C(F)(F)F)C(C(=O)NC2CCCC2)c2cccs2)c1. The molecule has 0 bridgehead atoms. The van der Waals surface area contributed by atoms with Gasteiger partial charge in [-0.1, -0.05) is 25.0 Å². The number of rotatable bonds is 6. The van der Waals surface area contributed by atoms with Crippen LogP contribution in [-0.2, 0) is 9.59 Å². The van der Waals surface area contributed by atoms with Crippen molar-refractivity contribution < 1.29 is 27.5 Å². The van der Waals surface area contributed by atoms with E-state index in [1.54, 1.807) is 23.6 Å².